The molecule has 1 N–H and O–H groups in total. The minimum atomic E-state index is -0.0104. The number of halogens is 1. The second-order valence-electron chi connectivity index (χ2n) is 3.49. The molecule has 10 heavy (non-hydrogen) atoms. The maximum atomic E-state index is 7.52. The molecule has 0 aromatic rings. The van der Waals surface area contributed by atoms with Gasteiger partial charge in [0, 0.05) is 19.5 Å². The van der Waals surface area contributed by atoms with Crippen molar-refractivity contribution in [1.29, 1.82) is 5.41 Å². The van der Waals surface area contributed by atoms with E-state index in [4.69, 9.17) is 5.41 Å². The second-order valence-corrected chi connectivity index (χ2v) is 3.49. The predicted molar refractivity (Wildman–Crippen MR) is 48.1 cm³/mol. The summed E-state index contributed by atoms with van der Waals surface area (Å²) < 4.78 is 0. The lowest BCUT2D eigenvalue weighted by Crippen LogP contribution is -2.32. The molecule has 2 nitrogen and oxygen atoms in total. The molecule has 0 fully saturated rings. The minimum Gasteiger partial charge on any atom is -0.366 e. The fourth-order valence-corrected chi connectivity index (χ4v) is 0.671. The number of nitrogens with one attached hydrogen (secondary N) is 1. The van der Waals surface area contributed by atoms with E-state index in [9.17, 15) is 0 Å². The van der Waals surface area contributed by atoms with Crippen molar-refractivity contribution in [3.8, 4) is 0 Å². The van der Waals surface area contributed by atoms with E-state index in [1.54, 1.807) is 0 Å². The van der Waals surface area contributed by atoms with Gasteiger partial charge in [-0.25, -0.2) is 0 Å². The Bertz CT molecular complexity index is 113. The van der Waals surface area contributed by atoms with Crippen molar-refractivity contribution in [1.82, 2.24) is 4.90 Å². The highest BCUT2D eigenvalue weighted by Gasteiger charge is 2.17. The van der Waals surface area contributed by atoms with Gasteiger partial charge in [0.15, 0.2) is 0 Å². The summed E-state index contributed by atoms with van der Waals surface area (Å²) >= 11 is 0. The van der Waals surface area contributed by atoms with E-state index >= 15 is 0 Å². The van der Waals surface area contributed by atoms with E-state index in [0.29, 0.717) is 5.84 Å². The monoisotopic (exact) mass is 164 g/mol. The van der Waals surface area contributed by atoms with Crippen LogP contribution in [0.3, 0.4) is 0 Å². The van der Waals surface area contributed by atoms with Gasteiger partial charge in [-0.15, -0.1) is 12.4 Å². The minimum absolute atomic E-state index is 0. The third-order valence-corrected chi connectivity index (χ3v) is 1.16. The lowest BCUT2D eigenvalue weighted by Gasteiger charge is -2.25. The van der Waals surface area contributed by atoms with Crippen molar-refractivity contribution < 1.29 is 0 Å². The zero-order valence-electron chi connectivity index (χ0n) is 7.36. The molecule has 0 bridgehead atoms. The van der Waals surface area contributed by atoms with E-state index in [-0.39, 0.29) is 17.8 Å². The molecule has 0 radical (unpaired) electrons. The Balaban J connectivity index is 0. The standard InChI is InChI=1S/C7H16N2.ClH/c1-7(2,3)6(8)9(4)5;/h8H,1-5H3;1H. The molecule has 0 rings (SSSR count). The Morgan fingerprint density at radius 1 is 1.20 bits per heavy atom. The summed E-state index contributed by atoms with van der Waals surface area (Å²) in [6.07, 6.45) is 0. The predicted octanol–water partition coefficient (Wildman–Crippen LogP) is 1.99. The van der Waals surface area contributed by atoms with Crippen LogP contribution in [0, 0.1) is 10.8 Å². The van der Waals surface area contributed by atoms with Gasteiger partial charge in [-0.1, -0.05) is 20.8 Å². The van der Waals surface area contributed by atoms with Crippen LogP contribution >= 0.6 is 12.4 Å². The summed E-state index contributed by atoms with van der Waals surface area (Å²) in [7, 11) is 3.79. The van der Waals surface area contributed by atoms with Crippen LogP contribution in [0.25, 0.3) is 0 Å². The molecule has 0 saturated carbocycles. The van der Waals surface area contributed by atoms with Gasteiger partial charge in [0.1, 0.15) is 5.84 Å². The van der Waals surface area contributed by atoms with Crippen molar-refractivity contribution in [3.05, 3.63) is 0 Å². The van der Waals surface area contributed by atoms with Crippen molar-refractivity contribution in [2.24, 2.45) is 5.41 Å². The van der Waals surface area contributed by atoms with E-state index in [2.05, 4.69) is 0 Å². The van der Waals surface area contributed by atoms with Crippen LogP contribution in [-0.2, 0) is 0 Å². The Hall–Kier alpha value is -0.240. The molecule has 3 heteroatoms. The third kappa shape index (κ3) is 3.72. The topological polar surface area (TPSA) is 27.1 Å². The second kappa shape index (κ2) is 3.81. The Morgan fingerprint density at radius 2 is 1.50 bits per heavy atom. The van der Waals surface area contributed by atoms with Crippen molar-refractivity contribution in [3.63, 3.8) is 0 Å². The van der Waals surface area contributed by atoms with Crippen LogP contribution in [-0.4, -0.2) is 24.8 Å². The highest BCUT2D eigenvalue weighted by atomic mass is 35.5. The van der Waals surface area contributed by atoms with Crippen molar-refractivity contribution >= 4 is 18.2 Å². The zero-order valence-corrected chi connectivity index (χ0v) is 8.17. The van der Waals surface area contributed by atoms with E-state index < -0.39 is 0 Å². The lowest BCUT2D eigenvalue weighted by atomic mass is 9.94. The molecule has 0 aliphatic carbocycles. The smallest absolute Gasteiger partial charge is 0.101 e. The highest BCUT2D eigenvalue weighted by Crippen LogP contribution is 2.15. The molecule has 0 saturated heterocycles. The van der Waals surface area contributed by atoms with Crippen molar-refractivity contribution in [2.45, 2.75) is 20.8 Å². The summed E-state index contributed by atoms with van der Waals surface area (Å²) in [5.74, 6) is 0.669. The van der Waals surface area contributed by atoms with E-state index in [1.165, 1.54) is 0 Å². The molecule has 0 heterocycles. The maximum absolute atomic E-state index is 7.52. The van der Waals surface area contributed by atoms with Gasteiger partial charge in [0.2, 0.25) is 0 Å². The zero-order chi connectivity index (χ0) is 7.65. The number of hydrogen-bond acceptors (Lipinski definition) is 1. The summed E-state index contributed by atoms with van der Waals surface area (Å²) in [4.78, 5) is 1.83. The quantitative estimate of drug-likeness (QED) is 0.430. The van der Waals surface area contributed by atoms with E-state index in [0.717, 1.165) is 0 Å². The first-order valence-corrected chi connectivity index (χ1v) is 3.12. The SMILES string of the molecule is CN(C)C(=N)C(C)(C)C.Cl. The van der Waals surface area contributed by atoms with Crippen molar-refractivity contribution in [2.75, 3.05) is 14.1 Å². The van der Waals surface area contributed by atoms with Crippen LogP contribution in [0.1, 0.15) is 20.8 Å². The Kier molecular flexibility index (Phi) is 4.74. The highest BCUT2D eigenvalue weighted by molar-refractivity contribution is 5.85. The molecule has 0 spiro atoms. The molecule has 0 aliphatic rings. The van der Waals surface area contributed by atoms with Gasteiger partial charge in [-0.05, 0) is 0 Å². The first kappa shape index (κ1) is 12.4. The van der Waals surface area contributed by atoms with Gasteiger partial charge in [-0.3, -0.25) is 5.41 Å². The summed E-state index contributed by atoms with van der Waals surface area (Å²) in [5, 5.41) is 7.52. The summed E-state index contributed by atoms with van der Waals surface area (Å²) in [5.41, 5.74) is -0.0104. The van der Waals surface area contributed by atoms with Gasteiger partial charge >= 0.3 is 0 Å². The van der Waals surface area contributed by atoms with E-state index in [1.807, 2.05) is 39.8 Å². The molecular formula is C7H17ClN2. The van der Waals surface area contributed by atoms with Crippen LogP contribution in [0.4, 0.5) is 0 Å². The van der Waals surface area contributed by atoms with Crippen LogP contribution < -0.4 is 0 Å². The molecule has 0 aromatic carbocycles. The molecule has 0 unspecified atom stereocenters. The van der Waals surface area contributed by atoms with Gasteiger partial charge in [0.25, 0.3) is 0 Å². The Labute approximate surface area is 69.5 Å². The fraction of sp³-hybridized carbons (Fsp3) is 0.857. The third-order valence-electron chi connectivity index (χ3n) is 1.16. The number of rotatable bonds is 0. The summed E-state index contributed by atoms with van der Waals surface area (Å²) in [6.45, 7) is 6.11. The summed E-state index contributed by atoms with van der Waals surface area (Å²) in [6, 6.07) is 0. The Morgan fingerprint density at radius 3 is 1.50 bits per heavy atom. The first-order chi connectivity index (χ1) is 3.85. The average Bonchev–Trinajstić information content (AvgIpc) is 1.62. The molecule has 0 atom stereocenters. The molecule has 0 aliphatic heterocycles. The first-order valence-electron chi connectivity index (χ1n) is 3.12. The molecule has 0 amide bonds. The van der Waals surface area contributed by atoms with Crippen LogP contribution in [0.2, 0.25) is 0 Å². The number of amidine groups is 1. The maximum Gasteiger partial charge on any atom is 0.101 e. The molecule has 62 valence electrons. The number of nitrogens with zero attached hydrogens (tertiary/aromatic N) is 1. The normalized spacial score (nSPS) is 10.1. The fourth-order valence-electron chi connectivity index (χ4n) is 0.671. The number of hydrogen-bond donors (Lipinski definition) is 1. The van der Waals surface area contributed by atoms with Gasteiger partial charge in [0.05, 0.1) is 0 Å². The van der Waals surface area contributed by atoms with Crippen LogP contribution in [0.15, 0.2) is 0 Å². The lowest BCUT2D eigenvalue weighted by molar-refractivity contribution is 0.476. The van der Waals surface area contributed by atoms with Gasteiger partial charge < -0.3 is 4.90 Å². The van der Waals surface area contributed by atoms with Crippen LogP contribution in [0.5, 0.6) is 0 Å². The molecule has 0 aromatic heterocycles. The molecular weight excluding hydrogens is 148 g/mol. The average molecular weight is 165 g/mol. The van der Waals surface area contributed by atoms with Gasteiger partial charge in [-0.2, -0.15) is 0 Å². The largest absolute Gasteiger partial charge is 0.366 e.